The Bertz CT molecular complexity index is 742. The molecule has 6 heteroatoms. The lowest BCUT2D eigenvalue weighted by Crippen LogP contribution is -2.26. The number of rotatable bonds is 3. The third-order valence-electron chi connectivity index (χ3n) is 3.94. The summed E-state index contributed by atoms with van der Waals surface area (Å²) < 4.78 is 1.67. The van der Waals surface area contributed by atoms with E-state index in [0.29, 0.717) is 5.95 Å². The number of allylic oxidation sites excluding steroid dienone is 1. The molecule has 3 rings (SSSR count). The highest BCUT2D eigenvalue weighted by atomic mass is 16.1. The standard InChI is InChI=1S/C16H19N5O/c1-10-14(11(2)22)15(19-16-17-9-18-21(10)16)12-5-7-13(8-6-12)20(3)4/h5-9,15H,1-4H3,(H,17,18,19). The lowest BCUT2D eigenvalue weighted by Gasteiger charge is -2.28. The first-order valence-electron chi connectivity index (χ1n) is 7.15. The predicted molar refractivity (Wildman–Crippen MR) is 86.7 cm³/mol. The molecule has 1 aromatic carbocycles. The van der Waals surface area contributed by atoms with Crippen LogP contribution in [0.1, 0.15) is 25.5 Å². The molecule has 2 aromatic rings. The normalized spacial score (nSPS) is 17.0. The summed E-state index contributed by atoms with van der Waals surface area (Å²) in [6, 6.07) is 7.96. The summed E-state index contributed by atoms with van der Waals surface area (Å²) in [4.78, 5) is 18.4. The van der Waals surface area contributed by atoms with E-state index in [4.69, 9.17) is 0 Å². The number of anilines is 2. The second-order valence-corrected chi connectivity index (χ2v) is 5.61. The zero-order valence-corrected chi connectivity index (χ0v) is 13.2. The summed E-state index contributed by atoms with van der Waals surface area (Å²) in [5, 5.41) is 7.46. The van der Waals surface area contributed by atoms with Crippen LogP contribution in [0, 0.1) is 0 Å². The number of hydrogen-bond donors (Lipinski definition) is 1. The summed E-state index contributed by atoms with van der Waals surface area (Å²) in [6.07, 6.45) is 1.49. The molecule has 0 spiro atoms. The van der Waals surface area contributed by atoms with Crippen molar-refractivity contribution in [3.8, 4) is 0 Å². The fourth-order valence-electron chi connectivity index (χ4n) is 2.78. The Morgan fingerprint density at radius 3 is 2.55 bits per heavy atom. The minimum absolute atomic E-state index is 0.0350. The van der Waals surface area contributed by atoms with Crippen LogP contribution in [0.4, 0.5) is 11.6 Å². The molecule has 0 saturated heterocycles. The van der Waals surface area contributed by atoms with E-state index in [1.54, 1.807) is 11.6 Å². The van der Waals surface area contributed by atoms with Crippen LogP contribution in [0.3, 0.4) is 0 Å². The molecule has 0 amide bonds. The molecule has 0 bridgehead atoms. The van der Waals surface area contributed by atoms with Crippen LogP contribution in [0.15, 0.2) is 36.2 Å². The number of carbonyl (C=O) groups excluding carboxylic acids is 1. The van der Waals surface area contributed by atoms with Gasteiger partial charge in [0.05, 0.1) is 11.7 Å². The molecule has 0 radical (unpaired) electrons. The number of hydrogen-bond acceptors (Lipinski definition) is 5. The third-order valence-corrected chi connectivity index (χ3v) is 3.94. The molecule has 1 aliphatic rings. The highest BCUT2D eigenvalue weighted by Gasteiger charge is 2.29. The minimum atomic E-state index is -0.203. The van der Waals surface area contributed by atoms with E-state index in [0.717, 1.165) is 22.5 Å². The van der Waals surface area contributed by atoms with Crippen LogP contribution in [-0.4, -0.2) is 34.6 Å². The van der Waals surface area contributed by atoms with Gasteiger partial charge in [0.1, 0.15) is 6.33 Å². The van der Waals surface area contributed by atoms with E-state index in [1.807, 2.05) is 50.2 Å². The van der Waals surface area contributed by atoms with Gasteiger partial charge in [-0.15, -0.1) is 0 Å². The molecule has 2 heterocycles. The Morgan fingerprint density at radius 1 is 1.27 bits per heavy atom. The van der Waals surface area contributed by atoms with E-state index < -0.39 is 0 Å². The van der Waals surface area contributed by atoms with Crippen LogP contribution in [0.2, 0.25) is 0 Å². The Balaban J connectivity index is 2.06. The monoisotopic (exact) mass is 297 g/mol. The second kappa shape index (κ2) is 5.29. The van der Waals surface area contributed by atoms with Gasteiger partial charge in [-0.2, -0.15) is 10.1 Å². The molecule has 1 aromatic heterocycles. The maximum absolute atomic E-state index is 12.1. The van der Waals surface area contributed by atoms with Gasteiger partial charge in [0.2, 0.25) is 5.95 Å². The number of ketones is 1. The van der Waals surface area contributed by atoms with Crippen molar-refractivity contribution in [3.05, 3.63) is 41.7 Å². The SMILES string of the molecule is CC(=O)C1=C(C)n2ncnc2NC1c1ccc(N(C)C)cc1. The molecule has 0 fully saturated rings. The lowest BCUT2D eigenvalue weighted by atomic mass is 9.93. The number of benzene rings is 1. The molecule has 1 N–H and O–H groups in total. The number of Topliss-reactive ketones (excluding diaryl/α,β-unsaturated/α-hetero) is 1. The Hall–Kier alpha value is -2.63. The van der Waals surface area contributed by atoms with Crippen LogP contribution in [0.5, 0.6) is 0 Å². The number of fused-ring (bicyclic) bond motifs is 1. The first kappa shape index (κ1) is 14.3. The quantitative estimate of drug-likeness (QED) is 0.942. The second-order valence-electron chi connectivity index (χ2n) is 5.61. The minimum Gasteiger partial charge on any atom is -0.378 e. The van der Waals surface area contributed by atoms with Crippen molar-refractivity contribution in [3.63, 3.8) is 0 Å². The van der Waals surface area contributed by atoms with Crippen LogP contribution in [-0.2, 0) is 4.79 Å². The first-order chi connectivity index (χ1) is 10.5. The fraction of sp³-hybridized carbons (Fsp3) is 0.312. The van der Waals surface area contributed by atoms with Gasteiger partial charge in [-0.05, 0) is 31.5 Å². The van der Waals surface area contributed by atoms with Gasteiger partial charge < -0.3 is 10.2 Å². The van der Waals surface area contributed by atoms with Crippen molar-refractivity contribution in [2.24, 2.45) is 0 Å². The van der Waals surface area contributed by atoms with E-state index >= 15 is 0 Å². The van der Waals surface area contributed by atoms with E-state index in [9.17, 15) is 4.79 Å². The first-order valence-corrected chi connectivity index (χ1v) is 7.15. The summed E-state index contributed by atoms with van der Waals surface area (Å²) in [6.45, 7) is 3.49. The molecule has 114 valence electrons. The summed E-state index contributed by atoms with van der Waals surface area (Å²) in [5.74, 6) is 0.692. The number of aromatic nitrogens is 3. The summed E-state index contributed by atoms with van der Waals surface area (Å²) in [7, 11) is 4.00. The van der Waals surface area contributed by atoms with E-state index in [2.05, 4.69) is 15.4 Å². The Kier molecular flexibility index (Phi) is 3.44. The van der Waals surface area contributed by atoms with Crippen molar-refractivity contribution in [1.82, 2.24) is 14.8 Å². The van der Waals surface area contributed by atoms with E-state index in [1.165, 1.54) is 6.33 Å². The lowest BCUT2D eigenvalue weighted by molar-refractivity contribution is -0.113. The number of nitrogens with one attached hydrogen (secondary N) is 1. The van der Waals surface area contributed by atoms with Gasteiger partial charge in [0.15, 0.2) is 5.78 Å². The van der Waals surface area contributed by atoms with E-state index in [-0.39, 0.29) is 11.8 Å². The van der Waals surface area contributed by atoms with Gasteiger partial charge in [0.25, 0.3) is 0 Å². The van der Waals surface area contributed by atoms with Gasteiger partial charge in [0, 0.05) is 25.4 Å². The average molecular weight is 297 g/mol. The van der Waals surface area contributed by atoms with Crippen LogP contribution in [0.25, 0.3) is 5.70 Å². The largest absolute Gasteiger partial charge is 0.378 e. The van der Waals surface area contributed by atoms with Gasteiger partial charge >= 0.3 is 0 Å². The summed E-state index contributed by atoms with van der Waals surface area (Å²) in [5.41, 5.74) is 3.69. The molecule has 1 aliphatic heterocycles. The van der Waals surface area contributed by atoms with Gasteiger partial charge in [-0.25, -0.2) is 4.68 Å². The molecular weight excluding hydrogens is 278 g/mol. The third kappa shape index (κ3) is 2.26. The van der Waals surface area contributed by atoms with Crippen LogP contribution < -0.4 is 10.2 Å². The zero-order chi connectivity index (χ0) is 15.9. The number of nitrogens with zero attached hydrogens (tertiary/aromatic N) is 4. The van der Waals surface area contributed by atoms with Crippen LogP contribution >= 0.6 is 0 Å². The maximum atomic E-state index is 12.1. The maximum Gasteiger partial charge on any atom is 0.226 e. The smallest absolute Gasteiger partial charge is 0.226 e. The highest BCUT2D eigenvalue weighted by Crippen LogP contribution is 2.35. The molecule has 0 saturated carbocycles. The van der Waals surface area contributed by atoms with Gasteiger partial charge in [-0.3, -0.25) is 4.79 Å². The Labute approximate surface area is 129 Å². The average Bonchev–Trinajstić information content (AvgIpc) is 2.95. The predicted octanol–water partition coefficient (Wildman–Crippen LogP) is 2.33. The molecule has 1 atom stereocenters. The van der Waals surface area contributed by atoms with Crippen molar-refractivity contribution in [1.29, 1.82) is 0 Å². The summed E-state index contributed by atoms with van der Waals surface area (Å²) >= 11 is 0. The van der Waals surface area contributed by atoms with Crippen molar-refractivity contribution in [2.75, 3.05) is 24.3 Å². The topological polar surface area (TPSA) is 63.1 Å². The highest BCUT2D eigenvalue weighted by molar-refractivity contribution is 6.01. The molecular formula is C16H19N5O. The van der Waals surface area contributed by atoms with Crippen molar-refractivity contribution in [2.45, 2.75) is 19.9 Å². The molecule has 22 heavy (non-hydrogen) atoms. The molecule has 1 unspecified atom stereocenters. The van der Waals surface area contributed by atoms with Crippen molar-refractivity contribution >= 4 is 23.1 Å². The molecule has 6 nitrogen and oxygen atoms in total. The Morgan fingerprint density at radius 2 is 1.95 bits per heavy atom. The van der Waals surface area contributed by atoms with Gasteiger partial charge in [-0.1, -0.05) is 12.1 Å². The zero-order valence-electron chi connectivity index (χ0n) is 13.2. The van der Waals surface area contributed by atoms with Crippen molar-refractivity contribution < 1.29 is 4.79 Å². The molecule has 0 aliphatic carbocycles. The number of carbonyl (C=O) groups is 1. The fourth-order valence-corrected chi connectivity index (χ4v) is 2.78.